The number of benzene rings is 1. The van der Waals surface area contributed by atoms with Gasteiger partial charge in [0, 0.05) is 6.08 Å². The second kappa shape index (κ2) is 4.62. The van der Waals surface area contributed by atoms with Crippen molar-refractivity contribution in [2.45, 2.75) is 0 Å². The summed E-state index contributed by atoms with van der Waals surface area (Å²) < 4.78 is 4.95. The molecule has 0 N–H and O–H groups in total. The third kappa shape index (κ3) is 2.74. The van der Waals surface area contributed by atoms with Crippen LogP contribution in [0.25, 0.3) is 6.08 Å². The zero-order valence-electron chi connectivity index (χ0n) is 7.44. The Hall–Kier alpha value is -1.55. The van der Waals surface area contributed by atoms with Crippen LogP contribution in [0.3, 0.4) is 0 Å². The Labute approximate surface area is 85.9 Å². The first-order valence-corrected chi connectivity index (χ1v) is 4.17. The molecule has 5 heteroatoms. The van der Waals surface area contributed by atoms with E-state index in [4.69, 9.17) is 16.3 Å². The van der Waals surface area contributed by atoms with Crippen LogP contribution in [0.2, 0.25) is 0 Å². The molecule has 74 valence electrons. The normalized spacial score (nSPS) is 11.1. The zero-order chi connectivity index (χ0) is 10.6. The smallest absolute Gasteiger partial charge is 0.337 e. The number of nitro groups is 1. The average Bonchev–Trinajstić information content (AvgIpc) is 2.18. The maximum Gasteiger partial charge on any atom is 0.337 e. The topological polar surface area (TPSA) is 52.4 Å². The molecule has 1 aromatic rings. The third-order valence-electron chi connectivity index (χ3n) is 1.55. The first kappa shape index (κ1) is 10.5. The van der Waals surface area contributed by atoms with Crippen LogP contribution in [0, 0.1) is 10.1 Å². The van der Waals surface area contributed by atoms with E-state index in [1.807, 2.05) is 0 Å². The molecule has 0 aromatic heterocycles. The molecule has 4 nitrogen and oxygen atoms in total. The van der Waals surface area contributed by atoms with Crippen molar-refractivity contribution in [3.05, 3.63) is 45.1 Å². The zero-order valence-corrected chi connectivity index (χ0v) is 8.19. The SMILES string of the molecule is COc1cccc(/C=C(/Cl)[N+](=O)[O-])c1. The van der Waals surface area contributed by atoms with Gasteiger partial charge in [-0.3, -0.25) is 10.1 Å². The van der Waals surface area contributed by atoms with E-state index in [9.17, 15) is 10.1 Å². The second-order valence-electron chi connectivity index (χ2n) is 2.50. The summed E-state index contributed by atoms with van der Waals surface area (Å²) in [6, 6.07) is 6.84. The lowest BCUT2D eigenvalue weighted by molar-refractivity contribution is -0.410. The molecule has 0 radical (unpaired) electrons. The van der Waals surface area contributed by atoms with Crippen LogP contribution in [-0.4, -0.2) is 12.0 Å². The van der Waals surface area contributed by atoms with Gasteiger partial charge >= 0.3 is 5.16 Å². The Bertz CT molecular complexity index is 376. The fourth-order valence-electron chi connectivity index (χ4n) is 0.922. The highest BCUT2D eigenvalue weighted by Gasteiger charge is 2.05. The molecule has 1 rings (SSSR count). The van der Waals surface area contributed by atoms with Gasteiger partial charge in [0.1, 0.15) is 5.75 Å². The molecule has 0 amide bonds. The minimum Gasteiger partial charge on any atom is -0.497 e. The molecule has 0 aliphatic carbocycles. The Morgan fingerprint density at radius 3 is 2.93 bits per heavy atom. The lowest BCUT2D eigenvalue weighted by Gasteiger charge is -1.99. The van der Waals surface area contributed by atoms with Gasteiger partial charge in [-0.25, -0.2) is 0 Å². The van der Waals surface area contributed by atoms with Crippen LogP contribution in [0.15, 0.2) is 29.4 Å². The molecule has 1 aromatic carbocycles. The van der Waals surface area contributed by atoms with Crippen molar-refractivity contribution in [1.29, 1.82) is 0 Å². The summed E-state index contributed by atoms with van der Waals surface area (Å²) in [5, 5.41) is 9.81. The van der Waals surface area contributed by atoms with Gasteiger partial charge in [-0.1, -0.05) is 12.1 Å². The standard InChI is InChI=1S/C9H8ClNO3/c1-14-8-4-2-3-7(5-8)6-9(10)11(12)13/h2-6H,1H3/b9-6-. The van der Waals surface area contributed by atoms with E-state index >= 15 is 0 Å². The number of rotatable bonds is 3. The lowest BCUT2D eigenvalue weighted by Crippen LogP contribution is -1.90. The summed E-state index contributed by atoms with van der Waals surface area (Å²) in [6.07, 6.45) is 1.27. The molecule has 0 heterocycles. The van der Waals surface area contributed by atoms with Crippen molar-refractivity contribution in [3.63, 3.8) is 0 Å². The van der Waals surface area contributed by atoms with E-state index < -0.39 is 10.1 Å². The third-order valence-corrected chi connectivity index (χ3v) is 1.80. The van der Waals surface area contributed by atoms with Crippen molar-refractivity contribution in [3.8, 4) is 5.75 Å². The molecule has 0 spiro atoms. The van der Waals surface area contributed by atoms with Gasteiger partial charge in [0.15, 0.2) is 0 Å². The summed E-state index contributed by atoms with van der Waals surface area (Å²) in [5.41, 5.74) is 0.631. The minimum atomic E-state index is -0.652. The summed E-state index contributed by atoms with van der Waals surface area (Å²) in [5.74, 6) is 0.631. The van der Waals surface area contributed by atoms with Gasteiger partial charge in [-0.05, 0) is 29.3 Å². The predicted molar refractivity (Wildman–Crippen MR) is 53.8 cm³/mol. The van der Waals surface area contributed by atoms with E-state index in [1.165, 1.54) is 13.2 Å². The van der Waals surface area contributed by atoms with Gasteiger partial charge in [-0.2, -0.15) is 0 Å². The van der Waals surface area contributed by atoms with Crippen LogP contribution in [0.1, 0.15) is 5.56 Å². The lowest BCUT2D eigenvalue weighted by atomic mass is 10.2. The molecule has 14 heavy (non-hydrogen) atoms. The van der Waals surface area contributed by atoms with E-state index in [2.05, 4.69) is 0 Å². The van der Waals surface area contributed by atoms with Crippen molar-refractivity contribution in [2.75, 3.05) is 7.11 Å². The molecule has 0 unspecified atom stereocenters. The van der Waals surface area contributed by atoms with Crippen molar-refractivity contribution < 1.29 is 9.66 Å². The van der Waals surface area contributed by atoms with E-state index in [0.29, 0.717) is 11.3 Å². The minimum absolute atomic E-state index is 0.418. The maximum absolute atomic E-state index is 10.2. The summed E-state index contributed by atoms with van der Waals surface area (Å²) >= 11 is 5.37. The van der Waals surface area contributed by atoms with Crippen LogP contribution < -0.4 is 4.74 Å². The largest absolute Gasteiger partial charge is 0.497 e. The molecule has 0 aliphatic heterocycles. The highest BCUT2D eigenvalue weighted by atomic mass is 35.5. The van der Waals surface area contributed by atoms with Crippen LogP contribution >= 0.6 is 11.6 Å². The summed E-state index contributed by atoms with van der Waals surface area (Å²) in [7, 11) is 1.53. The number of nitrogens with zero attached hydrogens (tertiary/aromatic N) is 1. The average molecular weight is 214 g/mol. The fourth-order valence-corrected chi connectivity index (χ4v) is 1.05. The van der Waals surface area contributed by atoms with Gasteiger partial charge < -0.3 is 4.74 Å². The fraction of sp³-hybridized carbons (Fsp3) is 0.111. The summed E-state index contributed by atoms with van der Waals surface area (Å²) in [4.78, 5) is 9.58. The first-order chi connectivity index (χ1) is 6.63. The van der Waals surface area contributed by atoms with E-state index in [1.54, 1.807) is 24.3 Å². The van der Waals surface area contributed by atoms with Crippen LogP contribution in [-0.2, 0) is 0 Å². The van der Waals surface area contributed by atoms with Crippen LogP contribution in [0.4, 0.5) is 0 Å². The molecule has 0 saturated heterocycles. The molecular formula is C9H8ClNO3. The monoisotopic (exact) mass is 213 g/mol. The Morgan fingerprint density at radius 1 is 1.64 bits per heavy atom. The first-order valence-electron chi connectivity index (χ1n) is 3.79. The van der Waals surface area contributed by atoms with E-state index in [-0.39, 0.29) is 0 Å². The molecular weight excluding hydrogens is 206 g/mol. The number of methoxy groups -OCH3 is 1. The van der Waals surface area contributed by atoms with Crippen molar-refractivity contribution in [1.82, 2.24) is 0 Å². The predicted octanol–water partition coefficient (Wildman–Crippen LogP) is 2.51. The summed E-state index contributed by atoms with van der Waals surface area (Å²) in [6.45, 7) is 0. The Morgan fingerprint density at radius 2 is 2.36 bits per heavy atom. The number of halogens is 1. The van der Waals surface area contributed by atoms with Gasteiger partial charge in [0.25, 0.3) is 0 Å². The van der Waals surface area contributed by atoms with E-state index in [0.717, 1.165) is 0 Å². The second-order valence-corrected chi connectivity index (χ2v) is 2.89. The number of hydrogen-bond acceptors (Lipinski definition) is 3. The Balaban J connectivity index is 2.97. The van der Waals surface area contributed by atoms with Crippen LogP contribution in [0.5, 0.6) is 5.75 Å². The molecule has 0 aliphatic rings. The molecule has 0 bridgehead atoms. The van der Waals surface area contributed by atoms with Crippen molar-refractivity contribution in [2.24, 2.45) is 0 Å². The Kier molecular flexibility index (Phi) is 3.48. The number of ether oxygens (including phenoxy) is 1. The van der Waals surface area contributed by atoms with Gasteiger partial charge in [0.2, 0.25) is 0 Å². The van der Waals surface area contributed by atoms with Gasteiger partial charge in [-0.15, -0.1) is 0 Å². The molecule has 0 atom stereocenters. The molecule has 0 saturated carbocycles. The molecule has 0 fully saturated rings. The van der Waals surface area contributed by atoms with Gasteiger partial charge in [0.05, 0.1) is 12.0 Å². The highest BCUT2D eigenvalue weighted by molar-refractivity contribution is 6.29. The maximum atomic E-state index is 10.2. The quantitative estimate of drug-likeness (QED) is 0.440. The van der Waals surface area contributed by atoms with Crippen molar-refractivity contribution >= 4 is 17.7 Å². The highest BCUT2D eigenvalue weighted by Crippen LogP contribution is 2.16. The number of hydrogen-bond donors (Lipinski definition) is 0.